The molecule has 0 fully saturated rings. The molecule has 2 aromatic rings. The van der Waals surface area contributed by atoms with Gasteiger partial charge in [-0.05, 0) is 18.2 Å². The fourth-order valence-corrected chi connectivity index (χ4v) is 1.71. The third-order valence-corrected chi connectivity index (χ3v) is 2.73. The molecular formula is C13H17BrFN3O. The average Bonchev–Trinajstić information content (AvgIpc) is 2.87. The van der Waals surface area contributed by atoms with Gasteiger partial charge in [-0.15, -0.1) is 0 Å². The van der Waals surface area contributed by atoms with E-state index < -0.39 is 0 Å². The first-order chi connectivity index (χ1) is 9.20. The SMILES string of the molecule is CC.COCCn1cnc(-c2ccc(Br)cc2F)n1. The number of rotatable bonds is 4. The van der Waals surface area contributed by atoms with Crippen LogP contribution in [0.2, 0.25) is 0 Å². The molecule has 0 saturated carbocycles. The van der Waals surface area contributed by atoms with E-state index in [1.165, 1.54) is 6.07 Å². The summed E-state index contributed by atoms with van der Waals surface area (Å²) in [5.74, 6) is 0.0370. The average molecular weight is 330 g/mol. The highest BCUT2D eigenvalue weighted by atomic mass is 79.9. The maximum atomic E-state index is 13.7. The maximum absolute atomic E-state index is 13.7. The van der Waals surface area contributed by atoms with Crippen molar-refractivity contribution in [1.29, 1.82) is 0 Å². The first-order valence-corrected chi connectivity index (χ1v) is 6.84. The number of nitrogens with zero attached hydrogens (tertiary/aromatic N) is 3. The molecule has 1 aromatic heterocycles. The number of hydrogen-bond donors (Lipinski definition) is 0. The molecule has 0 amide bonds. The number of hydrogen-bond acceptors (Lipinski definition) is 3. The molecule has 0 aliphatic carbocycles. The second-order valence-electron chi connectivity index (χ2n) is 3.45. The predicted molar refractivity (Wildman–Crippen MR) is 76.3 cm³/mol. The molecule has 104 valence electrons. The van der Waals surface area contributed by atoms with Crippen molar-refractivity contribution in [3.63, 3.8) is 0 Å². The Morgan fingerprint density at radius 3 is 2.74 bits per heavy atom. The normalized spacial score (nSPS) is 9.95. The Bertz CT molecular complexity index is 516. The van der Waals surface area contributed by atoms with Crippen LogP contribution >= 0.6 is 15.9 Å². The fraction of sp³-hybridized carbons (Fsp3) is 0.385. The molecule has 6 heteroatoms. The molecule has 0 bridgehead atoms. The van der Waals surface area contributed by atoms with Crippen molar-refractivity contribution in [2.45, 2.75) is 20.4 Å². The summed E-state index contributed by atoms with van der Waals surface area (Å²) in [5, 5.41) is 4.18. The minimum atomic E-state index is -0.344. The number of aromatic nitrogens is 3. The molecule has 0 aliphatic rings. The number of halogens is 2. The van der Waals surface area contributed by atoms with Crippen molar-refractivity contribution in [3.8, 4) is 11.4 Å². The van der Waals surface area contributed by atoms with Gasteiger partial charge in [0.25, 0.3) is 0 Å². The van der Waals surface area contributed by atoms with Gasteiger partial charge in [-0.3, -0.25) is 4.68 Å². The summed E-state index contributed by atoms with van der Waals surface area (Å²) in [7, 11) is 1.62. The molecule has 1 heterocycles. The van der Waals surface area contributed by atoms with E-state index in [0.717, 1.165) is 0 Å². The Hall–Kier alpha value is -1.27. The van der Waals surface area contributed by atoms with Gasteiger partial charge >= 0.3 is 0 Å². The lowest BCUT2D eigenvalue weighted by Crippen LogP contribution is -2.04. The van der Waals surface area contributed by atoms with Crippen molar-refractivity contribution in [1.82, 2.24) is 14.8 Å². The Morgan fingerprint density at radius 2 is 2.11 bits per heavy atom. The van der Waals surface area contributed by atoms with Gasteiger partial charge in [0, 0.05) is 11.6 Å². The third-order valence-electron chi connectivity index (χ3n) is 2.23. The van der Waals surface area contributed by atoms with E-state index in [0.29, 0.717) is 29.0 Å². The molecule has 0 N–H and O–H groups in total. The van der Waals surface area contributed by atoms with Crippen LogP contribution in [0.3, 0.4) is 0 Å². The predicted octanol–water partition coefficient (Wildman–Crippen LogP) is 3.52. The molecule has 19 heavy (non-hydrogen) atoms. The summed E-state index contributed by atoms with van der Waals surface area (Å²) >= 11 is 3.21. The minimum absolute atomic E-state index is 0.344. The Labute approximate surface area is 120 Å². The van der Waals surface area contributed by atoms with Crippen molar-refractivity contribution in [2.24, 2.45) is 0 Å². The largest absolute Gasteiger partial charge is 0.383 e. The molecule has 0 atom stereocenters. The van der Waals surface area contributed by atoms with Gasteiger partial charge in [-0.25, -0.2) is 9.37 Å². The summed E-state index contributed by atoms with van der Waals surface area (Å²) in [5.41, 5.74) is 0.393. The van der Waals surface area contributed by atoms with Gasteiger partial charge in [0.1, 0.15) is 12.1 Å². The third kappa shape index (κ3) is 4.40. The van der Waals surface area contributed by atoms with Crippen molar-refractivity contribution >= 4 is 15.9 Å². The van der Waals surface area contributed by atoms with E-state index >= 15 is 0 Å². The van der Waals surface area contributed by atoms with Crippen LogP contribution in [0.1, 0.15) is 13.8 Å². The van der Waals surface area contributed by atoms with Crippen LogP contribution < -0.4 is 0 Å². The van der Waals surface area contributed by atoms with E-state index in [9.17, 15) is 4.39 Å². The highest BCUT2D eigenvalue weighted by Gasteiger charge is 2.10. The van der Waals surface area contributed by atoms with Crippen LogP contribution in [-0.4, -0.2) is 28.5 Å². The van der Waals surface area contributed by atoms with E-state index in [-0.39, 0.29) is 5.82 Å². The van der Waals surface area contributed by atoms with Crippen LogP contribution in [0.25, 0.3) is 11.4 Å². The number of methoxy groups -OCH3 is 1. The van der Waals surface area contributed by atoms with Gasteiger partial charge < -0.3 is 4.74 Å². The zero-order chi connectivity index (χ0) is 14.3. The summed E-state index contributed by atoms with van der Waals surface area (Å²) < 4.78 is 20.9. The Balaban J connectivity index is 0.000000861. The lowest BCUT2D eigenvalue weighted by Gasteiger charge is -1.99. The second-order valence-corrected chi connectivity index (χ2v) is 4.36. The van der Waals surface area contributed by atoms with E-state index in [1.807, 2.05) is 13.8 Å². The van der Waals surface area contributed by atoms with Gasteiger partial charge in [0.2, 0.25) is 0 Å². The first-order valence-electron chi connectivity index (χ1n) is 6.04. The van der Waals surface area contributed by atoms with Crippen molar-refractivity contribution in [3.05, 3.63) is 34.8 Å². The quantitative estimate of drug-likeness (QED) is 0.861. The Kier molecular flexibility index (Phi) is 6.66. The van der Waals surface area contributed by atoms with Crippen molar-refractivity contribution in [2.75, 3.05) is 13.7 Å². The standard InChI is InChI=1S/C11H11BrFN3O.C2H6/c1-17-5-4-16-7-14-11(15-16)9-3-2-8(12)6-10(9)13;1-2/h2-3,6-7H,4-5H2,1H3;1-2H3. The zero-order valence-electron chi connectivity index (χ0n) is 11.2. The second kappa shape index (κ2) is 8.01. The molecule has 0 aliphatic heterocycles. The number of benzene rings is 1. The van der Waals surface area contributed by atoms with Crippen LogP contribution in [0.4, 0.5) is 4.39 Å². The maximum Gasteiger partial charge on any atom is 0.184 e. The summed E-state index contributed by atoms with van der Waals surface area (Å²) in [6.07, 6.45) is 1.57. The molecule has 0 spiro atoms. The van der Waals surface area contributed by atoms with E-state index in [1.54, 1.807) is 30.3 Å². The monoisotopic (exact) mass is 329 g/mol. The molecule has 0 radical (unpaired) electrons. The smallest absolute Gasteiger partial charge is 0.184 e. The van der Waals surface area contributed by atoms with Crippen LogP contribution in [0, 0.1) is 5.82 Å². The summed E-state index contributed by atoms with van der Waals surface area (Å²) in [6.45, 7) is 5.15. The lowest BCUT2D eigenvalue weighted by molar-refractivity contribution is 0.183. The van der Waals surface area contributed by atoms with Gasteiger partial charge in [-0.2, -0.15) is 5.10 Å². The summed E-state index contributed by atoms with van der Waals surface area (Å²) in [4.78, 5) is 4.07. The zero-order valence-corrected chi connectivity index (χ0v) is 12.8. The van der Waals surface area contributed by atoms with E-state index in [2.05, 4.69) is 26.0 Å². The topological polar surface area (TPSA) is 39.9 Å². The molecule has 0 saturated heterocycles. The van der Waals surface area contributed by atoms with Gasteiger partial charge in [-0.1, -0.05) is 29.8 Å². The van der Waals surface area contributed by atoms with Crippen LogP contribution in [0.5, 0.6) is 0 Å². The van der Waals surface area contributed by atoms with Crippen molar-refractivity contribution < 1.29 is 9.13 Å². The van der Waals surface area contributed by atoms with Gasteiger partial charge in [0.15, 0.2) is 5.82 Å². The molecule has 1 aromatic carbocycles. The molecule has 4 nitrogen and oxygen atoms in total. The fourth-order valence-electron chi connectivity index (χ4n) is 1.38. The van der Waals surface area contributed by atoms with Gasteiger partial charge in [0.05, 0.1) is 18.7 Å². The highest BCUT2D eigenvalue weighted by molar-refractivity contribution is 9.10. The first kappa shape index (κ1) is 15.8. The van der Waals surface area contributed by atoms with Crippen LogP contribution in [-0.2, 0) is 11.3 Å². The highest BCUT2D eigenvalue weighted by Crippen LogP contribution is 2.22. The molecule has 2 rings (SSSR count). The molecule has 0 unspecified atom stereocenters. The van der Waals surface area contributed by atoms with E-state index in [4.69, 9.17) is 4.74 Å². The molecular weight excluding hydrogens is 313 g/mol. The summed E-state index contributed by atoms with van der Waals surface area (Å²) in [6, 6.07) is 4.80. The van der Waals surface area contributed by atoms with Crippen LogP contribution in [0.15, 0.2) is 29.0 Å². The lowest BCUT2D eigenvalue weighted by atomic mass is 10.2. The number of ether oxygens (including phenoxy) is 1. The Morgan fingerprint density at radius 1 is 1.37 bits per heavy atom. The minimum Gasteiger partial charge on any atom is -0.383 e.